The topological polar surface area (TPSA) is 71.8 Å². The first kappa shape index (κ1) is 15.2. The molecule has 2 heterocycles. The molecule has 0 aliphatic rings. The van der Waals surface area contributed by atoms with Crippen LogP contribution in [0, 0.1) is 6.92 Å². The second-order valence-corrected chi connectivity index (χ2v) is 5.36. The van der Waals surface area contributed by atoms with Crippen LogP contribution in [0.1, 0.15) is 26.6 Å². The van der Waals surface area contributed by atoms with Crippen molar-refractivity contribution in [2.75, 3.05) is 11.9 Å². The third kappa shape index (κ3) is 3.46. The number of rotatable bonds is 5. The van der Waals surface area contributed by atoms with Crippen molar-refractivity contribution in [3.05, 3.63) is 36.5 Å². The standard InChI is InChI=1S/C15H21N5O/c1-5-18-15(3,4)14(21)19-12-6-7-13(17-10-12)20-9-8-16-11(20)2/h6-10,18H,5H2,1-4H3,(H,19,21). The van der Waals surface area contributed by atoms with Gasteiger partial charge >= 0.3 is 0 Å². The van der Waals surface area contributed by atoms with Crippen LogP contribution in [0.3, 0.4) is 0 Å². The van der Waals surface area contributed by atoms with E-state index in [4.69, 9.17) is 0 Å². The van der Waals surface area contributed by atoms with E-state index in [0.717, 1.165) is 18.2 Å². The Kier molecular flexibility index (Phi) is 4.37. The van der Waals surface area contributed by atoms with E-state index in [1.165, 1.54) is 0 Å². The first-order chi connectivity index (χ1) is 9.94. The summed E-state index contributed by atoms with van der Waals surface area (Å²) in [5.74, 6) is 1.55. The fourth-order valence-electron chi connectivity index (χ4n) is 2.03. The largest absolute Gasteiger partial charge is 0.323 e. The predicted octanol–water partition coefficient (Wildman–Crippen LogP) is 1.90. The Labute approximate surface area is 124 Å². The van der Waals surface area contributed by atoms with E-state index < -0.39 is 5.54 Å². The molecule has 6 heteroatoms. The molecule has 0 aromatic carbocycles. The highest BCUT2D eigenvalue weighted by Crippen LogP contribution is 2.13. The smallest absolute Gasteiger partial charge is 0.244 e. The maximum absolute atomic E-state index is 12.2. The molecule has 21 heavy (non-hydrogen) atoms. The molecule has 0 fully saturated rings. The number of carbonyl (C=O) groups excluding carboxylic acids is 1. The van der Waals surface area contributed by atoms with Crippen molar-refractivity contribution in [2.45, 2.75) is 33.2 Å². The van der Waals surface area contributed by atoms with E-state index in [1.807, 2.05) is 50.6 Å². The molecular weight excluding hydrogens is 266 g/mol. The van der Waals surface area contributed by atoms with Crippen LogP contribution in [0.25, 0.3) is 5.82 Å². The van der Waals surface area contributed by atoms with Gasteiger partial charge in [0.1, 0.15) is 11.6 Å². The number of likely N-dealkylation sites (N-methyl/N-ethyl adjacent to an activating group) is 1. The van der Waals surface area contributed by atoms with Gasteiger partial charge in [0, 0.05) is 12.4 Å². The SMILES string of the molecule is CCNC(C)(C)C(=O)Nc1ccc(-n2ccnc2C)nc1. The fourth-order valence-corrected chi connectivity index (χ4v) is 2.03. The van der Waals surface area contributed by atoms with Crippen LogP contribution in [0.4, 0.5) is 5.69 Å². The first-order valence-electron chi connectivity index (χ1n) is 6.97. The van der Waals surface area contributed by atoms with Crippen LogP contribution < -0.4 is 10.6 Å². The van der Waals surface area contributed by atoms with Gasteiger partial charge in [0.2, 0.25) is 5.91 Å². The number of aromatic nitrogens is 3. The Balaban J connectivity index is 2.10. The molecule has 1 amide bonds. The third-order valence-corrected chi connectivity index (χ3v) is 3.26. The van der Waals surface area contributed by atoms with Gasteiger partial charge in [-0.05, 0) is 39.4 Å². The maximum Gasteiger partial charge on any atom is 0.244 e. The molecule has 6 nitrogen and oxygen atoms in total. The summed E-state index contributed by atoms with van der Waals surface area (Å²) in [5.41, 5.74) is 0.0569. The van der Waals surface area contributed by atoms with Crippen LogP contribution in [0.5, 0.6) is 0 Å². The lowest BCUT2D eigenvalue weighted by Gasteiger charge is -2.24. The normalized spacial score (nSPS) is 11.4. The predicted molar refractivity (Wildman–Crippen MR) is 82.5 cm³/mol. The van der Waals surface area contributed by atoms with E-state index >= 15 is 0 Å². The van der Waals surface area contributed by atoms with Gasteiger partial charge < -0.3 is 10.6 Å². The van der Waals surface area contributed by atoms with Crippen molar-refractivity contribution in [1.29, 1.82) is 0 Å². The summed E-state index contributed by atoms with van der Waals surface area (Å²) in [5, 5.41) is 6.00. The number of hydrogen-bond donors (Lipinski definition) is 2. The highest BCUT2D eigenvalue weighted by atomic mass is 16.2. The number of hydrogen-bond acceptors (Lipinski definition) is 4. The summed E-state index contributed by atoms with van der Waals surface area (Å²) in [4.78, 5) is 20.7. The van der Waals surface area contributed by atoms with Crippen molar-refractivity contribution in [2.24, 2.45) is 0 Å². The summed E-state index contributed by atoms with van der Waals surface area (Å²) < 4.78 is 1.88. The number of carbonyl (C=O) groups is 1. The molecule has 0 saturated carbocycles. The number of anilines is 1. The highest BCUT2D eigenvalue weighted by Gasteiger charge is 2.26. The van der Waals surface area contributed by atoms with Crippen molar-refractivity contribution >= 4 is 11.6 Å². The summed E-state index contributed by atoms with van der Waals surface area (Å²) >= 11 is 0. The first-order valence-corrected chi connectivity index (χ1v) is 6.97. The van der Waals surface area contributed by atoms with Crippen LogP contribution in [-0.4, -0.2) is 32.5 Å². The van der Waals surface area contributed by atoms with E-state index in [0.29, 0.717) is 5.69 Å². The molecule has 0 aliphatic heterocycles. The third-order valence-electron chi connectivity index (χ3n) is 3.26. The van der Waals surface area contributed by atoms with Crippen molar-refractivity contribution in [1.82, 2.24) is 19.9 Å². The average Bonchev–Trinajstić information content (AvgIpc) is 2.86. The zero-order valence-electron chi connectivity index (χ0n) is 12.8. The number of imidazole rings is 1. The molecule has 0 spiro atoms. The summed E-state index contributed by atoms with van der Waals surface area (Å²) in [6.45, 7) is 8.32. The Hall–Kier alpha value is -2.21. The van der Waals surface area contributed by atoms with Crippen LogP contribution in [-0.2, 0) is 4.79 Å². The molecule has 2 aromatic rings. The van der Waals surface area contributed by atoms with E-state index in [1.54, 1.807) is 12.4 Å². The van der Waals surface area contributed by atoms with Gasteiger partial charge in [-0.3, -0.25) is 9.36 Å². The zero-order chi connectivity index (χ0) is 15.5. The van der Waals surface area contributed by atoms with Gasteiger partial charge in [0.15, 0.2) is 0 Å². The molecule has 0 aliphatic carbocycles. The lowest BCUT2D eigenvalue weighted by Crippen LogP contribution is -2.49. The lowest BCUT2D eigenvalue weighted by atomic mass is 10.0. The van der Waals surface area contributed by atoms with Gasteiger partial charge in [-0.2, -0.15) is 0 Å². The van der Waals surface area contributed by atoms with Crippen molar-refractivity contribution in [3.8, 4) is 5.82 Å². The molecule has 0 saturated heterocycles. The zero-order valence-corrected chi connectivity index (χ0v) is 12.8. The van der Waals surface area contributed by atoms with Gasteiger partial charge in [-0.1, -0.05) is 6.92 Å². The van der Waals surface area contributed by atoms with E-state index in [9.17, 15) is 4.79 Å². The Morgan fingerprint density at radius 2 is 2.10 bits per heavy atom. The number of nitrogens with zero attached hydrogens (tertiary/aromatic N) is 3. The molecule has 0 radical (unpaired) electrons. The number of pyridine rings is 1. The molecule has 0 unspecified atom stereocenters. The van der Waals surface area contributed by atoms with Gasteiger partial charge in [0.05, 0.1) is 17.4 Å². The highest BCUT2D eigenvalue weighted by molar-refractivity contribution is 5.97. The monoisotopic (exact) mass is 287 g/mol. The molecule has 0 atom stereocenters. The van der Waals surface area contributed by atoms with Gasteiger partial charge in [-0.25, -0.2) is 9.97 Å². The van der Waals surface area contributed by atoms with E-state index in [-0.39, 0.29) is 5.91 Å². The lowest BCUT2D eigenvalue weighted by molar-refractivity contribution is -0.121. The Morgan fingerprint density at radius 1 is 1.33 bits per heavy atom. The maximum atomic E-state index is 12.2. The molecule has 0 bridgehead atoms. The fraction of sp³-hybridized carbons (Fsp3) is 0.400. The molecule has 2 N–H and O–H groups in total. The van der Waals surface area contributed by atoms with Crippen LogP contribution in [0.15, 0.2) is 30.7 Å². The molecule has 2 rings (SSSR count). The van der Waals surface area contributed by atoms with Crippen LogP contribution >= 0.6 is 0 Å². The Morgan fingerprint density at radius 3 is 2.62 bits per heavy atom. The van der Waals surface area contributed by atoms with Gasteiger partial charge in [-0.15, -0.1) is 0 Å². The minimum Gasteiger partial charge on any atom is -0.323 e. The molecule has 112 valence electrons. The quantitative estimate of drug-likeness (QED) is 0.881. The minimum absolute atomic E-state index is 0.0855. The minimum atomic E-state index is -0.617. The molecular formula is C15H21N5O. The van der Waals surface area contributed by atoms with Crippen molar-refractivity contribution < 1.29 is 4.79 Å². The summed E-state index contributed by atoms with van der Waals surface area (Å²) in [7, 11) is 0. The second kappa shape index (κ2) is 6.05. The Bertz CT molecular complexity index is 615. The summed E-state index contributed by atoms with van der Waals surface area (Å²) in [6.07, 6.45) is 5.23. The second-order valence-electron chi connectivity index (χ2n) is 5.36. The van der Waals surface area contributed by atoms with E-state index in [2.05, 4.69) is 20.6 Å². The average molecular weight is 287 g/mol. The number of aryl methyl sites for hydroxylation is 1. The number of nitrogens with one attached hydrogen (secondary N) is 2. The number of amides is 1. The summed E-state index contributed by atoms with van der Waals surface area (Å²) in [6, 6.07) is 3.69. The van der Waals surface area contributed by atoms with Gasteiger partial charge in [0.25, 0.3) is 0 Å². The van der Waals surface area contributed by atoms with Crippen molar-refractivity contribution in [3.63, 3.8) is 0 Å². The molecule has 2 aromatic heterocycles. The van der Waals surface area contributed by atoms with Crippen LogP contribution in [0.2, 0.25) is 0 Å².